The van der Waals surface area contributed by atoms with Crippen molar-refractivity contribution in [1.29, 1.82) is 0 Å². The second-order valence-corrected chi connectivity index (χ2v) is 6.41. The molecule has 4 nitrogen and oxygen atoms in total. The predicted octanol–water partition coefficient (Wildman–Crippen LogP) is 4.62. The van der Waals surface area contributed by atoms with E-state index in [0.29, 0.717) is 17.9 Å². The number of Topliss-reactive ketones (excluding diaryl/α,β-unsaturated/α-hetero) is 1. The van der Waals surface area contributed by atoms with Crippen LogP contribution in [0.25, 0.3) is 0 Å². The van der Waals surface area contributed by atoms with E-state index in [2.05, 4.69) is 6.08 Å². The number of rotatable bonds is 4. The van der Waals surface area contributed by atoms with Crippen LogP contribution in [0.2, 0.25) is 0 Å². The van der Waals surface area contributed by atoms with Crippen molar-refractivity contribution >= 4 is 5.78 Å². The molecule has 1 aliphatic rings. The van der Waals surface area contributed by atoms with Gasteiger partial charge in [0.2, 0.25) is 0 Å². The van der Waals surface area contributed by atoms with Crippen LogP contribution in [-0.2, 0) is 6.42 Å². The molecule has 2 aromatic rings. The Labute approximate surface area is 147 Å². The number of allylic oxidation sites excluding steroid dienone is 2. The topological polar surface area (TPSA) is 55.8 Å². The van der Waals surface area contributed by atoms with Gasteiger partial charge in [-0.05, 0) is 25.8 Å². The van der Waals surface area contributed by atoms with Crippen molar-refractivity contribution in [2.75, 3.05) is 7.11 Å². The van der Waals surface area contributed by atoms with Gasteiger partial charge in [-0.25, -0.2) is 0 Å². The molecule has 1 N–H and O–H groups in total. The van der Waals surface area contributed by atoms with Crippen LogP contribution in [0.1, 0.15) is 47.9 Å². The summed E-state index contributed by atoms with van der Waals surface area (Å²) in [6.45, 7) is 4.02. The van der Waals surface area contributed by atoms with E-state index in [1.165, 1.54) is 6.07 Å². The summed E-state index contributed by atoms with van der Waals surface area (Å²) < 4.78 is 11.6. The first-order valence-electron chi connectivity index (χ1n) is 8.32. The van der Waals surface area contributed by atoms with Crippen LogP contribution in [0.3, 0.4) is 0 Å². The lowest BCUT2D eigenvalue weighted by atomic mass is 9.92. The van der Waals surface area contributed by atoms with Crippen LogP contribution in [0, 0.1) is 0 Å². The number of methoxy groups -OCH3 is 1. The fourth-order valence-electron chi connectivity index (χ4n) is 3.05. The molecule has 1 aliphatic heterocycles. The molecule has 0 amide bonds. The van der Waals surface area contributed by atoms with Gasteiger partial charge >= 0.3 is 0 Å². The molecule has 130 valence electrons. The standard InChI is InChI=1S/C21H22O4/c1-13(2)9-10-15-19(24-3)12-17(23)20-16(22)11-18(25-21(15)20)14-7-5-4-6-8-14/h4-9,12,18,23H,10-11H2,1-3H3/t18-/m1/s1. The minimum Gasteiger partial charge on any atom is -0.507 e. The van der Waals surface area contributed by atoms with Crippen molar-refractivity contribution in [3.8, 4) is 17.2 Å². The Morgan fingerprint density at radius 2 is 2.04 bits per heavy atom. The lowest BCUT2D eigenvalue weighted by Gasteiger charge is -2.28. The van der Waals surface area contributed by atoms with Crippen molar-refractivity contribution in [1.82, 2.24) is 0 Å². The van der Waals surface area contributed by atoms with Crippen molar-refractivity contribution < 1.29 is 19.4 Å². The van der Waals surface area contributed by atoms with Gasteiger partial charge in [0, 0.05) is 11.6 Å². The first-order chi connectivity index (χ1) is 12.0. The zero-order valence-electron chi connectivity index (χ0n) is 14.7. The highest BCUT2D eigenvalue weighted by Gasteiger charge is 2.33. The molecule has 0 saturated heterocycles. The van der Waals surface area contributed by atoms with Gasteiger partial charge in [-0.2, -0.15) is 0 Å². The number of carbonyl (C=O) groups is 1. The third-order valence-electron chi connectivity index (χ3n) is 4.34. The van der Waals surface area contributed by atoms with Crippen molar-refractivity contribution in [3.05, 3.63) is 64.7 Å². The zero-order chi connectivity index (χ0) is 18.0. The van der Waals surface area contributed by atoms with E-state index in [0.717, 1.165) is 16.7 Å². The lowest BCUT2D eigenvalue weighted by molar-refractivity contribution is 0.0842. The fourth-order valence-corrected chi connectivity index (χ4v) is 3.05. The Balaban J connectivity index is 2.11. The highest BCUT2D eigenvalue weighted by Crippen LogP contribution is 2.45. The molecule has 1 heterocycles. The normalized spacial score (nSPS) is 16.0. The second-order valence-electron chi connectivity index (χ2n) is 6.41. The summed E-state index contributed by atoms with van der Waals surface area (Å²) in [7, 11) is 1.55. The largest absolute Gasteiger partial charge is 0.507 e. The third-order valence-corrected chi connectivity index (χ3v) is 4.34. The van der Waals surface area contributed by atoms with E-state index in [1.54, 1.807) is 7.11 Å². The van der Waals surface area contributed by atoms with Gasteiger partial charge in [-0.1, -0.05) is 42.0 Å². The number of ketones is 1. The minimum atomic E-state index is -0.363. The van der Waals surface area contributed by atoms with Gasteiger partial charge in [0.25, 0.3) is 0 Å². The number of phenolic OH excluding ortho intramolecular Hbond substituents is 1. The van der Waals surface area contributed by atoms with Crippen LogP contribution in [0.15, 0.2) is 48.0 Å². The SMILES string of the molecule is COc1cc(O)c2c(c1CC=C(C)C)O[C@@H](c1ccccc1)CC2=O. The fraction of sp³-hybridized carbons (Fsp3) is 0.286. The molecule has 0 aliphatic carbocycles. The van der Waals surface area contributed by atoms with Crippen molar-refractivity contribution in [2.45, 2.75) is 32.8 Å². The molecule has 0 spiro atoms. The third kappa shape index (κ3) is 3.38. The molecule has 4 heteroatoms. The van der Waals surface area contributed by atoms with E-state index < -0.39 is 0 Å². The molecular weight excluding hydrogens is 316 g/mol. The maximum Gasteiger partial charge on any atom is 0.174 e. The zero-order valence-corrected chi connectivity index (χ0v) is 14.7. The molecule has 0 saturated carbocycles. The van der Waals surface area contributed by atoms with E-state index >= 15 is 0 Å². The number of ether oxygens (including phenoxy) is 2. The first-order valence-corrected chi connectivity index (χ1v) is 8.32. The first kappa shape index (κ1) is 17.1. The Bertz CT molecular complexity index is 818. The van der Waals surface area contributed by atoms with Gasteiger partial charge in [0.05, 0.1) is 13.5 Å². The average molecular weight is 338 g/mol. The summed E-state index contributed by atoms with van der Waals surface area (Å²) in [6.07, 6.45) is 2.47. The molecule has 3 rings (SSSR count). The van der Waals surface area contributed by atoms with Crippen molar-refractivity contribution in [3.63, 3.8) is 0 Å². The van der Waals surface area contributed by atoms with E-state index in [-0.39, 0.29) is 29.6 Å². The minimum absolute atomic E-state index is 0.0932. The Morgan fingerprint density at radius 1 is 1.32 bits per heavy atom. The summed E-state index contributed by atoms with van der Waals surface area (Å²) in [5, 5.41) is 10.3. The monoisotopic (exact) mass is 338 g/mol. The number of fused-ring (bicyclic) bond motifs is 1. The molecule has 25 heavy (non-hydrogen) atoms. The van der Waals surface area contributed by atoms with Crippen LogP contribution in [0.4, 0.5) is 0 Å². The average Bonchev–Trinajstić information content (AvgIpc) is 2.60. The van der Waals surface area contributed by atoms with Gasteiger partial charge in [-0.3, -0.25) is 4.79 Å². The number of benzene rings is 2. The van der Waals surface area contributed by atoms with Gasteiger partial charge in [0.15, 0.2) is 5.78 Å². The van der Waals surface area contributed by atoms with Crippen LogP contribution in [-0.4, -0.2) is 18.0 Å². The molecular formula is C21H22O4. The molecule has 2 aromatic carbocycles. The maximum absolute atomic E-state index is 12.7. The Kier molecular flexibility index (Phi) is 4.79. The lowest BCUT2D eigenvalue weighted by Crippen LogP contribution is -2.22. The maximum atomic E-state index is 12.7. The Morgan fingerprint density at radius 3 is 2.68 bits per heavy atom. The second kappa shape index (κ2) is 7.01. The van der Waals surface area contributed by atoms with Crippen LogP contribution < -0.4 is 9.47 Å². The van der Waals surface area contributed by atoms with Gasteiger partial charge in [0.1, 0.15) is 28.9 Å². The van der Waals surface area contributed by atoms with E-state index in [1.807, 2.05) is 44.2 Å². The number of hydrogen-bond acceptors (Lipinski definition) is 4. The molecule has 0 bridgehead atoms. The molecule has 1 atom stereocenters. The van der Waals surface area contributed by atoms with Crippen LogP contribution >= 0.6 is 0 Å². The van der Waals surface area contributed by atoms with Crippen LogP contribution in [0.5, 0.6) is 17.2 Å². The van der Waals surface area contributed by atoms with Gasteiger partial charge < -0.3 is 14.6 Å². The number of aromatic hydroxyl groups is 1. The Hall–Kier alpha value is -2.75. The summed E-state index contributed by atoms with van der Waals surface area (Å²) >= 11 is 0. The molecule has 0 aromatic heterocycles. The quantitative estimate of drug-likeness (QED) is 0.827. The smallest absolute Gasteiger partial charge is 0.174 e. The summed E-state index contributed by atoms with van der Waals surface area (Å²) in [4.78, 5) is 12.7. The highest BCUT2D eigenvalue weighted by molar-refractivity contribution is 6.03. The molecule has 0 radical (unpaired) electrons. The number of hydrogen-bond donors (Lipinski definition) is 1. The summed E-state index contributed by atoms with van der Waals surface area (Å²) in [5.41, 5.74) is 3.14. The predicted molar refractivity (Wildman–Crippen MR) is 96.6 cm³/mol. The number of phenols is 1. The number of carbonyl (C=O) groups excluding carboxylic acids is 1. The van der Waals surface area contributed by atoms with E-state index in [9.17, 15) is 9.90 Å². The van der Waals surface area contributed by atoms with Crippen molar-refractivity contribution in [2.24, 2.45) is 0 Å². The summed E-state index contributed by atoms with van der Waals surface area (Å²) in [6, 6.07) is 11.2. The molecule has 0 unspecified atom stereocenters. The molecule has 0 fully saturated rings. The highest BCUT2D eigenvalue weighted by atomic mass is 16.5. The van der Waals surface area contributed by atoms with Gasteiger partial charge in [-0.15, -0.1) is 0 Å². The van der Waals surface area contributed by atoms with E-state index in [4.69, 9.17) is 9.47 Å². The summed E-state index contributed by atoms with van der Waals surface area (Å²) in [5.74, 6) is 0.743.